The summed E-state index contributed by atoms with van der Waals surface area (Å²) >= 11 is 10.4. The van der Waals surface area contributed by atoms with E-state index in [1.807, 2.05) is 26.1 Å². The summed E-state index contributed by atoms with van der Waals surface area (Å²) in [6.45, 7) is 2.01. The van der Waals surface area contributed by atoms with Crippen LogP contribution in [0.3, 0.4) is 0 Å². The molecule has 14 heavy (non-hydrogen) atoms. The van der Waals surface area contributed by atoms with Crippen LogP contribution in [0.1, 0.15) is 16.5 Å². The van der Waals surface area contributed by atoms with E-state index >= 15 is 0 Å². The molecule has 78 valence electrons. The minimum atomic E-state index is -0.00148. The van der Waals surface area contributed by atoms with Gasteiger partial charge in [0.2, 0.25) is 0 Å². The van der Waals surface area contributed by atoms with E-state index in [1.165, 1.54) is 0 Å². The van der Waals surface area contributed by atoms with Gasteiger partial charge in [-0.3, -0.25) is 0 Å². The Morgan fingerprint density at radius 2 is 2.14 bits per heavy atom. The maximum Gasteiger partial charge on any atom is 0.137 e. The Kier molecular flexibility index (Phi) is 4.11. The number of thiol groups is 1. The fourth-order valence-corrected chi connectivity index (χ4v) is 1.80. The summed E-state index contributed by atoms with van der Waals surface area (Å²) in [5.74, 6) is 0.699. The summed E-state index contributed by atoms with van der Waals surface area (Å²) in [4.78, 5) is 0. The van der Waals surface area contributed by atoms with Gasteiger partial charge < -0.3 is 10.1 Å². The van der Waals surface area contributed by atoms with Crippen molar-refractivity contribution >= 4 is 24.2 Å². The van der Waals surface area contributed by atoms with Gasteiger partial charge in [0, 0.05) is 0 Å². The van der Waals surface area contributed by atoms with Crippen molar-refractivity contribution in [2.45, 2.75) is 12.3 Å². The van der Waals surface area contributed by atoms with E-state index < -0.39 is 0 Å². The third kappa shape index (κ3) is 2.35. The van der Waals surface area contributed by atoms with Crippen LogP contribution in [-0.2, 0) is 0 Å². The zero-order chi connectivity index (χ0) is 10.7. The highest BCUT2D eigenvalue weighted by molar-refractivity contribution is 7.80. The molecule has 0 aliphatic heterocycles. The molecular formula is C10H14ClNOS. The summed E-state index contributed by atoms with van der Waals surface area (Å²) < 4.78 is 5.12. The molecule has 1 aromatic carbocycles. The maximum absolute atomic E-state index is 6.02. The zero-order valence-corrected chi connectivity index (χ0v) is 10.1. The molecule has 2 nitrogen and oxygen atoms in total. The van der Waals surface area contributed by atoms with Crippen LogP contribution < -0.4 is 10.1 Å². The summed E-state index contributed by atoms with van der Waals surface area (Å²) in [7, 11) is 3.46. The molecular weight excluding hydrogens is 218 g/mol. The second-order valence-corrected chi connectivity index (χ2v) is 3.96. The first-order valence-electron chi connectivity index (χ1n) is 4.29. The van der Waals surface area contributed by atoms with Gasteiger partial charge in [-0.25, -0.2) is 0 Å². The fourth-order valence-electron chi connectivity index (χ4n) is 1.28. The summed E-state index contributed by atoms with van der Waals surface area (Å²) in [6.07, 6.45) is 0. The summed E-state index contributed by atoms with van der Waals surface area (Å²) in [5, 5.41) is 3.66. The first-order chi connectivity index (χ1) is 6.60. The number of benzene rings is 1. The molecule has 0 aliphatic carbocycles. The van der Waals surface area contributed by atoms with Crippen molar-refractivity contribution in [3.8, 4) is 5.75 Å². The van der Waals surface area contributed by atoms with Gasteiger partial charge >= 0.3 is 0 Å². The van der Waals surface area contributed by atoms with Crippen LogP contribution in [0.25, 0.3) is 0 Å². The van der Waals surface area contributed by atoms with Crippen LogP contribution in [0.4, 0.5) is 0 Å². The molecule has 1 aromatic rings. The van der Waals surface area contributed by atoms with Crippen molar-refractivity contribution in [3.05, 3.63) is 28.3 Å². The molecule has 0 heterocycles. The molecule has 1 rings (SSSR count). The maximum atomic E-state index is 6.02. The predicted molar refractivity (Wildman–Crippen MR) is 63.5 cm³/mol. The summed E-state index contributed by atoms with van der Waals surface area (Å²) in [6, 6.07) is 3.79. The molecule has 0 saturated carbocycles. The van der Waals surface area contributed by atoms with Gasteiger partial charge in [-0.15, -0.1) is 0 Å². The summed E-state index contributed by atoms with van der Waals surface area (Å²) in [5.41, 5.74) is 2.18. The molecule has 0 aliphatic rings. The van der Waals surface area contributed by atoms with Crippen LogP contribution >= 0.6 is 24.2 Å². The molecule has 0 fully saturated rings. The first-order valence-corrected chi connectivity index (χ1v) is 5.19. The van der Waals surface area contributed by atoms with Gasteiger partial charge in [0.15, 0.2) is 0 Å². The molecule has 1 N–H and O–H groups in total. The Labute approximate surface area is 95.0 Å². The van der Waals surface area contributed by atoms with Crippen molar-refractivity contribution in [2.75, 3.05) is 14.2 Å². The topological polar surface area (TPSA) is 21.3 Å². The molecule has 4 heteroatoms. The van der Waals surface area contributed by atoms with E-state index in [0.717, 1.165) is 11.1 Å². The minimum Gasteiger partial charge on any atom is -0.495 e. The predicted octanol–water partition coefficient (Wildman–Crippen LogP) is 2.80. The first kappa shape index (κ1) is 11.7. The minimum absolute atomic E-state index is 0.00148. The molecule has 1 unspecified atom stereocenters. The SMILES string of the molecule is CNC(S)c1cc(Cl)c(OC)cc1C. The highest BCUT2D eigenvalue weighted by atomic mass is 35.5. The van der Waals surface area contributed by atoms with Crippen molar-refractivity contribution in [1.29, 1.82) is 0 Å². The van der Waals surface area contributed by atoms with E-state index in [4.69, 9.17) is 16.3 Å². The largest absolute Gasteiger partial charge is 0.495 e. The normalized spacial score (nSPS) is 12.6. The number of ether oxygens (including phenoxy) is 1. The Bertz CT molecular complexity index is 330. The molecule has 0 amide bonds. The lowest BCUT2D eigenvalue weighted by molar-refractivity contribution is 0.414. The van der Waals surface area contributed by atoms with Gasteiger partial charge in [-0.1, -0.05) is 11.6 Å². The standard InChI is InChI=1S/C10H14ClNOS/c1-6-4-9(13-3)8(11)5-7(6)10(14)12-2/h4-5,10,12,14H,1-3H3. The van der Waals surface area contributed by atoms with Gasteiger partial charge in [0.1, 0.15) is 5.75 Å². The van der Waals surface area contributed by atoms with E-state index in [0.29, 0.717) is 10.8 Å². The Morgan fingerprint density at radius 3 is 2.64 bits per heavy atom. The Hall–Kier alpha value is -0.380. The third-order valence-corrected chi connectivity index (χ3v) is 2.94. The Morgan fingerprint density at radius 1 is 1.50 bits per heavy atom. The molecule has 0 saturated heterocycles. The number of hydrogen-bond donors (Lipinski definition) is 2. The second kappa shape index (κ2) is 4.91. The quantitative estimate of drug-likeness (QED) is 0.617. The molecule has 0 spiro atoms. The van der Waals surface area contributed by atoms with Crippen LogP contribution in [0.5, 0.6) is 5.75 Å². The van der Waals surface area contributed by atoms with Gasteiger partial charge in [0.25, 0.3) is 0 Å². The van der Waals surface area contributed by atoms with Crippen LogP contribution in [0.15, 0.2) is 12.1 Å². The highest BCUT2D eigenvalue weighted by Gasteiger charge is 2.10. The number of halogens is 1. The lowest BCUT2D eigenvalue weighted by atomic mass is 10.1. The monoisotopic (exact) mass is 231 g/mol. The number of methoxy groups -OCH3 is 1. The lowest BCUT2D eigenvalue weighted by Crippen LogP contribution is -2.11. The third-order valence-electron chi connectivity index (χ3n) is 2.11. The number of nitrogens with one attached hydrogen (secondary N) is 1. The van der Waals surface area contributed by atoms with Gasteiger partial charge in [0.05, 0.1) is 17.5 Å². The van der Waals surface area contributed by atoms with Crippen LogP contribution in [0, 0.1) is 6.92 Å². The average molecular weight is 232 g/mol. The number of rotatable bonds is 3. The van der Waals surface area contributed by atoms with Gasteiger partial charge in [-0.2, -0.15) is 12.6 Å². The van der Waals surface area contributed by atoms with Crippen LogP contribution in [-0.4, -0.2) is 14.2 Å². The number of aryl methyl sites for hydroxylation is 1. The van der Waals surface area contributed by atoms with Crippen molar-refractivity contribution in [3.63, 3.8) is 0 Å². The smallest absolute Gasteiger partial charge is 0.137 e. The highest BCUT2D eigenvalue weighted by Crippen LogP contribution is 2.31. The lowest BCUT2D eigenvalue weighted by Gasteiger charge is -2.15. The van der Waals surface area contributed by atoms with Crippen molar-refractivity contribution in [2.24, 2.45) is 0 Å². The molecule has 0 bridgehead atoms. The van der Waals surface area contributed by atoms with E-state index in [9.17, 15) is 0 Å². The van der Waals surface area contributed by atoms with Crippen molar-refractivity contribution in [1.82, 2.24) is 5.32 Å². The molecule has 0 aromatic heterocycles. The van der Waals surface area contributed by atoms with E-state index in [1.54, 1.807) is 7.11 Å². The molecule has 1 atom stereocenters. The zero-order valence-electron chi connectivity index (χ0n) is 8.47. The fraction of sp³-hybridized carbons (Fsp3) is 0.400. The van der Waals surface area contributed by atoms with Crippen molar-refractivity contribution < 1.29 is 4.74 Å². The average Bonchev–Trinajstić information content (AvgIpc) is 2.19. The van der Waals surface area contributed by atoms with Gasteiger partial charge in [-0.05, 0) is 37.2 Å². The van der Waals surface area contributed by atoms with E-state index in [2.05, 4.69) is 17.9 Å². The van der Waals surface area contributed by atoms with Crippen LogP contribution in [0.2, 0.25) is 5.02 Å². The Balaban J connectivity index is 3.14. The number of hydrogen-bond acceptors (Lipinski definition) is 3. The second-order valence-electron chi connectivity index (χ2n) is 3.03. The van der Waals surface area contributed by atoms with E-state index in [-0.39, 0.29) is 5.37 Å². The molecule has 0 radical (unpaired) electrons.